The van der Waals surface area contributed by atoms with Gasteiger partial charge in [0.05, 0.1) is 28.0 Å². The molecule has 0 aliphatic heterocycles. The molecule has 1 amide bonds. The van der Waals surface area contributed by atoms with Crippen molar-refractivity contribution in [3.8, 4) is 0 Å². The summed E-state index contributed by atoms with van der Waals surface area (Å²) in [5.74, 6) is -1.07. The average molecular weight is 424 g/mol. The van der Waals surface area contributed by atoms with Gasteiger partial charge in [0, 0.05) is 6.08 Å². The number of hydrogen-bond donors (Lipinski definition) is 1. The molecule has 0 saturated carbocycles. The number of carbonyl (C=O) groups excluding carboxylic acids is 2. The Morgan fingerprint density at radius 3 is 2.77 bits per heavy atom. The molecule has 0 spiro atoms. The molecular formula is C18H19BrFN3O3. The Hall–Kier alpha value is -2.48. The number of hydrogen-bond acceptors (Lipinski definition) is 4. The van der Waals surface area contributed by atoms with Crippen LogP contribution in [-0.2, 0) is 21.1 Å². The molecule has 1 aromatic carbocycles. The number of carbonyl (C=O) groups is 2. The van der Waals surface area contributed by atoms with Crippen LogP contribution in [0.5, 0.6) is 0 Å². The van der Waals surface area contributed by atoms with Crippen molar-refractivity contribution in [2.75, 3.05) is 5.32 Å². The quantitative estimate of drug-likeness (QED) is 0.582. The standard InChI is InChI=1S/C18H19BrFN3O3/c1-18(2,3)17(25)26-11-23-10-13(9-21-23)22-16(24)7-5-12-4-6-15(20)14(19)8-12/h4-10H,11H2,1-3H3,(H,22,24). The summed E-state index contributed by atoms with van der Waals surface area (Å²) < 4.78 is 20.0. The fourth-order valence-electron chi connectivity index (χ4n) is 1.81. The first-order valence-electron chi connectivity index (χ1n) is 7.79. The van der Waals surface area contributed by atoms with E-state index in [0.717, 1.165) is 0 Å². The first-order chi connectivity index (χ1) is 12.1. The van der Waals surface area contributed by atoms with Gasteiger partial charge in [0.15, 0.2) is 6.73 Å². The zero-order chi connectivity index (χ0) is 19.3. The van der Waals surface area contributed by atoms with Gasteiger partial charge in [-0.1, -0.05) is 6.07 Å². The minimum Gasteiger partial charge on any atom is -0.442 e. The molecule has 0 bridgehead atoms. The third-order valence-electron chi connectivity index (χ3n) is 3.21. The molecule has 0 fully saturated rings. The highest BCUT2D eigenvalue weighted by Gasteiger charge is 2.23. The molecule has 0 radical (unpaired) electrons. The molecule has 0 atom stereocenters. The van der Waals surface area contributed by atoms with E-state index in [1.54, 1.807) is 45.2 Å². The van der Waals surface area contributed by atoms with Crippen molar-refractivity contribution < 1.29 is 18.7 Å². The fraction of sp³-hybridized carbons (Fsp3) is 0.278. The normalized spacial score (nSPS) is 11.6. The first-order valence-corrected chi connectivity index (χ1v) is 8.58. The maximum Gasteiger partial charge on any atom is 0.313 e. The molecule has 2 aromatic rings. The highest BCUT2D eigenvalue weighted by Crippen LogP contribution is 2.18. The van der Waals surface area contributed by atoms with Gasteiger partial charge < -0.3 is 10.1 Å². The summed E-state index contributed by atoms with van der Waals surface area (Å²) in [7, 11) is 0. The summed E-state index contributed by atoms with van der Waals surface area (Å²) in [6, 6.07) is 4.44. The van der Waals surface area contributed by atoms with Crippen LogP contribution in [0.4, 0.5) is 10.1 Å². The van der Waals surface area contributed by atoms with Gasteiger partial charge >= 0.3 is 5.97 Å². The zero-order valence-corrected chi connectivity index (χ0v) is 16.2. The lowest BCUT2D eigenvalue weighted by atomic mass is 9.98. The van der Waals surface area contributed by atoms with Crippen LogP contribution < -0.4 is 5.32 Å². The van der Waals surface area contributed by atoms with Gasteiger partial charge in [0.2, 0.25) is 5.91 Å². The largest absolute Gasteiger partial charge is 0.442 e. The Bertz CT molecular complexity index is 840. The van der Waals surface area contributed by atoms with E-state index in [9.17, 15) is 14.0 Å². The Labute approximate surface area is 159 Å². The van der Waals surface area contributed by atoms with Crippen molar-refractivity contribution in [2.24, 2.45) is 5.41 Å². The summed E-state index contributed by atoms with van der Waals surface area (Å²) >= 11 is 3.09. The molecule has 0 saturated heterocycles. The van der Waals surface area contributed by atoms with Crippen LogP contribution in [0.3, 0.4) is 0 Å². The first kappa shape index (κ1) is 19.8. The predicted molar refractivity (Wildman–Crippen MR) is 99.5 cm³/mol. The van der Waals surface area contributed by atoms with Crippen molar-refractivity contribution in [3.63, 3.8) is 0 Å². The molecule has 2 rings (SSSR count). The number of ether oxygens (including phenoxy) is 1. The van der Waals surface area contributed by atoms with E-state index < -0.39 is 5.41 Å². The van der Waals surface area contributed by atoms with Gasteiger partial charge in [-0.05, 0) is 60.5 Å². The van der Waals surface area contributed by atoms with E-state index in [1.165, 1.54) is 23.0 Å². The van der Waals surface area contributed by atoms with E-state index in [0.29, 0.717) is 15.7 Å². The molecule has 138 valence electrons. The Balaban J connectivity index is 1.89. The number of benzene rings is 1. The minimum absolute atomic E-state index is 0.0363. The Morgan fingerprint density at radius 2 is 2.12 bits per heavy atom. The monoisotopic (exact) mass is 423 g/mol. The molecule has 0 aliphatic carbocycles. The van der Waals surface area contributed by atoms with Crippen LogP contribution in [0, 0.1) is 11.2 Å². The van der Waals surface area contributed by atoms with Gasteiger partial charge in [-0.3, -0.25) is 9.59 Å². The lowest BCUT2D eigenvalue weighted by molar-refractivity contribution is -0.157. The smallest absolute Gasteiger partial charge is 0.313 e. The summed E-state index contributed by atoms with van der Waals surface area (Å²) in [5.41, 5.74) is 0.551. The molecule has 8 heteroatoms. The van der Waals surface area contributed by atoms with Crippen molar-refractivity contribution >= 4 is 39.6 Å². The van der Waals surface area contributed by atoms with Gasteiger partial charge in [-0.2, -0.15) is 5.10 Å². The summed E-state index contributed by atoms with van der Waals surface area (Å²) in [6.07, 6.45) is 5.90. The van der Waals surface area contributed by atoms with E-state index in [1.807, 2.05) is 0 Å². The maximum atomic E-state index is 13.2. The van der Waals surface area contributed by atoms with Crippen molar-refractivity contribution in [1.82, 2.24) is 9.78 Å². The van der Waals surface area contributed by atoms with E-state index in [2.05, 4.69) is 26.3 Å². The van der Waals surface area contributed by atoms with Crippen LogP contribution in [0.2, 0.25) is 0 Å². The third-order valence-corrected chi connectivity index (χ3v) is 3.82. The number of esters is 1. The van der Waals surface area contributed by atoms with Gasteiger partial charge in [0.1, 0.15) is 5.82 Å². The van der Waals surface area contributed by atoms with Crippen LogP contribution in [0.15, 0.2) is 41.1 Å². The number of halogens is 2. The second kappa shape index (κ2) is 8.27. The highest BCUT2D eigenvalue weighted by atomic mass is 79.9. The molecule has 1 N–H and O–H groups in total. The Kier molecular flexibility index (Phi) is 6.31. The molecule has 1 heterocycles. The zero-order valence-electron chi connectivity index (χ0n) is 14.6. The highest BCUT2D eigenvalue weighted by molar-refractivity contribution is 9.10. The van der Waals surface area contributed by atoms with E-state index in [4.69, 9.17) is 4.74 Å². The molecule has 0 aliphatic rings. The van der Waals surface area contributed by atoms with Crippen LogP contribution in [0.1, 0.15) is 26.3 Å². The maximum absolute atomic E-state index is 13.2. The van der Waals surface area contributed by atoms with E-state index >= 15 is 0 Å². The number of anilines is 1. The van der Waals surface area contributed by atoms with Gasteiger partial charge in [-0.15, -0.1) is 0 Å². The van der Waals surface area contributed by atoms with Crippen molar-refractivity contribution in [3.05, 3.63) is 52.5 Å². The number of aromatic nitrogens is 2. The van der Waals surface area contributed by atoms with Crippen LogP contribution in [-0.4, -0.2) is 21.7 Å². The lowest BCUT2D eigenvalue weighted by Gasteiger charge is -2.16. The lowest BCUT2D eigenvalue weighted by Crippen LogP contribution is -2.24. The summed E-state index contributed by atoms with van der Waals surface area (Å²) in [6.45, 7) is 5.24. The fourth-order valence-corrected chi connectivity index (χ4v) is 2.21. The summed E-state index contributed by atoms with van der Waals surface area (Å²) in [5, 5.41) is 6.66. The average Bonchev–Trinajstić information content (AvgIpc) is 3.00. The number of nitrogens with zero attached hydrogens (tertiary/aromatic N) is 2. The van der Waals surface area contributed by atoms with Gasteiger partial charge in [0.25, 0.3) is 0 Å². The second-order valence-corrected chi connectivity index (χ2v) is 7.43. The van der Waals surface area contributed by atoms with Crippen LogP contribution in [0.25, 0.3) is 6.08 Å². The van der Waals surface area contributed by atoms with Crippen LogP contribution >= 0.6 is 15.9 Å². The summed E-state index contributed by atoms with van der Waals surface area (Å²) in [4.78, 5) is 23.7. The molecular weight excluding hydrogens is 405 g/mol. The second-order valence-electron chi connectivity index (χ2n) is 6.58. The topological polar surface area (TPSA) is 73.2 Å². The Morgan fingerprint density at radius 1 is 1.38 bits per heavy atom. The van der Waals surface area contributed by atoms with E-state index in [-0.39, 0.29) is 24.4 Å². The molecule has 1 aromatic heterocycles. The van der Waals surface area contributed by atoms with Crippen molar-refractivity contribution in [1.29, 1.82) is 0 Å². The SMILES string of the molecule is CC(C)(C)C(=O)OCn1cc(NC(=O)C=Cc2ccc(F)c(Br)c2)cn1. The third kappa shape index (κ3) is 5.80. The molecule has 6 nitrogen and oxygen atoms in total. The van der Waals surface area contributed by atoms with Crippen molar-refractivity contribution in [2.45, 2.75) is 27.5 Å². The molecule has 26 heavy (non-hydrogen) atoms. The number of nitrogens with one attached hydrogen (secondary N) is 1. The van der Waals surface area contributed by atoms with Gasteiger partial charge in [-0.25, -0.2) is 9.07 Å². The molecule has 0 unspecified atom stereocenters. The number of rotatable bonds is 5. The minimum atomic E-state index is -0.593. The number of amides is 1. The predicted octanol–water partition coefficient (Wildman–Crippen LogP) is 3.98.